The number of hydrogen-bond acceptors (Lipinski definition) is 3. The highest BCUT2D eigenvalue weighted by molar-refractivity contribution is 6.43. The Morgan fingerprint density at radius 3 is 2.35 bits per heavy atom. The van der Waals surface area contributed by atoms with Gasteiger partial charge < -0.3 is 10.6 Å². The first kappa shape index (κ1) is 13.7. The fourth-order valence-electron chi connectivity index (χ4n) is 1.50. The second-order valence-electron chi connectivity index (χ2n) is 4.13. The SMILES string of the molecule is Cc1ccnc(NC(=O)C(=O)Nc2ccc(F)cc2)c1. The standard InChI is InChI=1S/C14H12FN3O2/c1-9-6-7-16-12(8-9)18-14(20)13(19)17-11-4-2-10(15)3-5-11/h2-8H,1H3,(H,17,19)(H,16,18,20). The predicted molar refractivity (Wildman–Crippen MR) is 72.6 cm³/mol. The molecule has 0 aliphatic rings. The molecule has 1 aromatic heterocycles. The number of benzene rings is 1. The first-order chi connectivity index (χ1) is 9.54. The molecular formula is C14H12FN3O2. The van der Waals surface area contributed by atoms with Gasteiger partial charge in [0.2, 0.25) is 0 Å². The highest BCUT2D eigenvalue weighted by atomic mass is 19.1. The van der Waals surface area contributed by atoms with Crippen LogP contribution in [0, 0.1) is 12.7 Å². The van der Waals surface area contributed by atoms with Crippen LogP contribution in [0.25, 0.3) is 0 Å². The molecule has 0 unspecified atom stereocenters. The van der Waals surface area contributed by atoms with E-state index in [0.29, 0.717) is 11.5 Å². The second kappa shape index (κ2) is 5.92. The zero-order valence-corrected chi connectivity index (χ0v) is 10.7. The van der Waals surface area contributed by atoms with Gasteiger partial charge in [0.05, 0.1) is 0 Å². The lowest BCUT2D eigenvalue weighted by Gasteiger charge is -2.06. The van der Waals surface area contributed by atoms with Crippen LogP contribution in [0.2, 0.25) is 0 Å². The Kier molecular flexibility index (Phi) is 4.05. The van der Waals surface area contributed by atoms with E-state index in [2.05, 4.69) is 15.6 Å². The van der Waals surface area contributed by atoms with Gasteiger partial charge in [-0.15, -0.1) is 0 Å². The summed E-state index contributed by atoms with van der Waals surface area (Å²) in [6.45, 7) is 1.84. The van der Waals surface area contributed by atoms with Crippen molar-refractivity contribution in [2.45, 2.75) is 6.92 Å². The predicted octanol–water partition coefficient (Wildman–Crippen LogP) is 2.11. The van der Waals surface area contributed by atoms with E-state index < -0.39 is 17.6 Å². The third kappa shape index (κ3) is 3.61. The zero-order chi connectivity index (χ0) is 14.5. The number of rotatable bonds is 2. The van der Waals surface area contributed by atoms with Crippen molar-refractivity contribution in [2.24, 2.45) is 0 Å². The normalized spacial score (nSPS) is 9.90. The van der Waals surface area contributed by atoms with Gasteiger partial charge in [-0.25, -0.2) is 9.37 Å². The lowest BCUT2D eigenvalue weighted by molar-refractivity contribution is -0.133. The number of amides is 2. The van der Waals surface area contributed by atoms with E-state index in [1.165, 1.54) is 30.5 Å². The van der Waals surface area contributed by atoms with Crippen LogP contribution in [0.1, 0.15) is 5.56 Å². The van der Waals surface area contributed by atoms with E-state index in [1.54, 1.807) is 12.1 Å². The highest BCUT2D eigenvalue weighted by Crippen LogP contribution is 2.09. The van der Waals surface area contributed by atoms with Gasteiger partial charge in [0, 0.05) is 11.9 Å². The number of aryl methyl sites for hydroxylation is 1. The molecule has 2 rings (SSSR count). The quantitative estimate of drug-likeness (QED) is 0.823. The van der Waals surface area contributed by atoms with E-state index in [4.69, 9.17) is 0 Å². The third-order valence-electron chi connectivity index (χ3n) is 2.47. The lowest BCUT2D eigenvalue weighted by Crippen LogP contribution is -2.29. The molecule has 2 N–H and O–H groups in total. The number of aromatic nitrogens is 1. The smallest absolute Gasteiger partial charge is 0.315 e. The summed E-state index contributed by atoms with van der Waals surface area (Å²) in [6, 6.07) is 8.53. The molecule has 1 heterocycles. The summed E-state index contributed by atoms with van der Waals surface area (Å²) < 4.78 is 12.7. The first-order valence-electron chi connectivity index (χ1n) is 5.85. The number of nitrogens with one attached hydrogen (secondary N) is 2. The Morgan fingerprint density at radius 2 is 1.70 bits per heavy atom. The molecule has 20 heavy (non-hydrogen) atoms. The molecular weight excluding hydrogens is 261 g/mol. The number of carbonyl (C=O) groups is 2. The van der Waals surface area contributed by atoms with Crippen molar-refractivity contribution < 1.29 is 14.0 Å². The molecule has 0 aliphatic heterocycles. The Morgan fingerprint density at radius 1 is 1.05 bits per heavy atom. The van der Waals surface area contributed by atoms with Crippen LogP contribution >= 0.6 is 0 Å². The number of nitrogens with zero attached hydrogens (tertiary/aromatic N) is 1. The lowest BCUT2D eigenvalue weighted by atomic mass is 10.3. The highest BCUT2D eigenvalue weighted by Gasteiger charge is 2.14. The Labute approximate surface area is 114 Å². The summed E-state index contributed by atoms with van der Waals surface area (Å²) in [5, 5.41) is 4.74. The first-order valence-corrected chi connectivity index (χ1v) is 5.85. The minimum Gasteiger partial charge on any atom is -0.318 e. The van der Waals surface area contributed by atoms with Crippen molar-refractivity contribution in [3.8, 4) is 0 Å². The molecule has 6 heteroatoms. The summed E-state index contributed by atoms with van der Waals surface area (Å²) in [6.07, 6.45) is 1.53. The van der Waals surface area contributed by atoms with E-state index in [9.17, 15) is 14.0 Å². The van der Waals surface area contributed by atoms with Gasteiger partial charge in [-0.05, 0) is 48.9 Å². The third-order valence-corrected chi connectivity index (χ3v) is 2.47. The minimum absolute atomic E-state index is 0.296. The van der Waals surface area contributed by atoms with Gasteiger partial charge in [-0.3, -0.25) is 9.59 Å². The van der Waals surface area contributed by atoms with Crippen LogP contribution in [0.15, 0.2) is 42.6 Å². The fourth-order valence-corrected chi connectivity index (χ4v) is 1.50. The van der Waals surface area contributed by atoms with Gasteiger partial charge in [0.25, 0.3) is 0 Å². The van der Waals surface area contributed by atoms with Gasteiger partial charge in [-0.1, -0.05) is 0 Å². The monoisotopic (exact) mass is 273 g/mol. The average molecular weight is 273 g/mol. The van der Waals surface area contributed by atoms with E-state index in [0.717, 1.165) is 5.56 Å². The number of halogens is 1. The van der Waals surface area contributed by atoms with Gasteiger partial charge in [-0.2, -0.15) is 0 Å². The van der Waals surface area contributed by atoms with Crippen LogP contribution in [-0.2, 0) is 9.59 Å². The molecule has 102 valence electrons. The van der Waals surface area contributed by atoms with Crippen LogP contribution in [0.5, 0.6) is 0 Å². The minimum atomic E-state index is -0.847. The van der Waals surface area contributed by atoms with Crippen LogP contribution in [0.4, 0.5) is 15.9 Å². The molecule has 0 fully saturated rings. The number of anilines is 2. The fraction of sp³-hybridized carbons (Fsp3) is 0.0714. The Bertz CT molecular complexity index is 641. The van der Waals surface area contributed by atoms with Gasteiger partial charge in [0.15, 0.2) is 0 Å². The van der Waals surface area contributed by atoms with Crippen LogP contribution in [0.3, 0.4) is 0 Å². The van der Waals surface area contributed by atoms with Crippen molar-refractivity contribution in [1.29, 1.82) is 0 Å². The number of hydrogen-bond donors (Lipinski definition) is 2. The molecule has 0 spiro atoms. The van der Waals surface area contributed by atoms with Crippen molar-refractivity contribution in [3.05, 3.63) is 54.0 Å². The van der Waals surface area contributed by atoms with E-state index in [1.807, 2.05) is 6.92 Å². The maximum Gasteiger partial charge on any atom is 0.315 e. The maximum atomic E-state index is 12.7. The second-order valence-corrected chi connectivity index (χ2v) is 4.13. The summed E-state index contributed by atoms with van der Waals surface area (Å²) in [4.78, 5) is 27.2. The molecule has 0 atom stereocenters. The molecule has 0 radical (unpaired) electrons. The molecule has 0 saturated carbocycles. The van der Waals surface area contributed by atoms with Crippen LogP contribution in [-0.4, -0.2) is 16.8 Å². The summed E-state index contributed by atoms with van der Waals surface area (Å²) >= 11 is 0. The van der Waals surface area contributed by atoms with E-state index in [-0.39, 0.29) is 0 Å². The number of pyridine rings is 1. The van der Waals surface area contributed by atoms with Crippen molar-refractivity contribution >= 4 is 23.3 Å². The maximum absolute atomic E-state index is 12.7. The van der Waals surface area contributed by atoms with Gasteiger partial charge >= 0.3 is 11.8 Å². The molecule has 2 aromatic rings. The summed E-state index contributed by atoms with van der Waals surface area (Å²) in [7, 11) is 0. The van der Waals surface area contributed by atoms with Crippen molar-refractivity contribution in [3.63, 3.8) is 0 Å². The van der Waals surface area contributed by atoms with E-state index >= 15 is 0 Å². The largest absolute Gasteiger partial charge is 0.318 e. The summed E-state index contributed by atoms with van der Waals surface area (Å²) in [5.41, 5.74) is 1.25. The molecule has 0 saturated heterocycles. The molecule has 0 bridgehead atoms. The molecule has 5 nitrogen and oxygen atoms in total. The van der Waals surface area contributed by atoms with Gasteiger partial charge in [0.1, 0.15) is 11.6 Å². The Hall–Kier alpha value is -2.76. The van der Waals surface area contributed by atoms with Crippen LogP contribution < -0.4 is 10.6 Å². The number of carbonyl (C=O) groups excluding carboxylic acids is 2. The average Bonchev–Trinajstić information content (AvgIpc) is 2.41. The molecule has 1 aromatic carbocycles. The van der Waals surface area contributed by atoms with Crippen molar-refractivity contribution in [2.75, 3.05) is 10.6 Å². The summed E-state index contributed by atoms with van der Waals surface area (Å²) in [5.74, 6) is -1.81. The molecule has 0 aliphatic carbocycles. The molecule has 2 amide bonds. The Balaban J connectivity index is 1.98. The topological polar surface area (TPSA) is 71.1 Å². The van der Waals surface area contributed by atoms with Crippen molar-refractivity contribution in [1.82, 2.24) is 4.98 Å². The zero-order valence-electron chi connectivity index (χ0n) is 10.7.